The number of nitro groups is 1. The number of rotatable bonds is 5. The van der Waals surface area contributed by atoms with Crippen molar-refractivity contribution in [2.75, 3.05) is 5.32 Å². The third-order valence-electron chi connectivity index (χ3n) is 4.90. The highest BCUT2D eigenvalue weighted by molar-refractivity contribution is 7.22. The Morgan fingerprint density at radius 1 is 1.06 bits per heavy atom. The second-order valence-corrected chi connectivity index (χ2v) is 8.53. The van der Waals surface area contributed by atoms with E-state index in [1.54, 1.807) is 41.2 Å². The van der Waals surface area contributed by atoms with Gasteiger partial charge in [0.25, 0.3) is 11.6 Å². The number of non-ortho nitro benzene ring substituents is 1. The van der Waals surface area contributed by atoms with Crippen LogP contribution in [-0.2, 0) is 0 Å². The van der Waals surface area contributed by atoms with Crippen molar-refractivity contribution in [2.45, 2.75) is 0 Å². The molecule has 0 atom stereocenters. The summed E-state index contributed by atoms with van der Waals surface area (Å²) in [5.41, 5.74) is 2.92. The lowest BCUT2D eigenvalue weighted by Crippen LogP contribution is -2.12. The van der Waals surface area contributed by atoms with Gasteiger partial charge in [-0.1, -0.05) is 53.3 Å². The predicted octanol–water partition coefficient (Wildman–Crippen LogP) is 5.96. The Morgan fingerprint density at radius 3 is 2.55 bits per heavy atom. The minimum atomic E-state index is -0.465. The van der Waals surface area contributed by atoms with Gasteiger partial charge in [0.15, 0.2) is 5.13 Å². The lowest BCUT2D eigenvalue weighted by molar-refractivity contribution is -0.384. The smallest absolute Gasteiger partial charge is 0.270 e. The summed E-state index contributed by atoms with van der Waals surface area (Å²) in [7, 11) is 0. The van der Waals surface area contributed by atoms with E-state index in [4.69, 9.17) is 11.6 Å². The van der Waals surface area contributed by atoms with E-state index in [0.29, 0.717) is 31.6 Å². The lowest BCUT2D eigenvalue weighted by atomic mass is 10.1. The van der Waals surface area contributed by atoms with E-state index in [-0.39, 0.29) is 5.69 Å². The largest absolute Gasteiger partial charge is 0.298 e. The van der Waals surface area contributed by atoms with Crippen LogP contribution in [0.3, 0.4) is 0 Å². The molecule has 0 saturated heterocycles. The van der Waals surface area contributed by atoms with Gasteiger partial charge in [-0.15, -0.1) is 0 Å². The minimum Gasteiger partial charge on any atom is -0.298 e. The third-order valence-corrected chi connectivity index (χ3v) is 6.09. The SMILES string of the molecule is O=C(Nc1nc2ccc([N+](=O)[O-])cc2s1)c1cn(-c2ccccc2)nc1-c1ccc(Cl)cc1. The summed E-state index contributed by atoms with van der Waals surface area (Å²) < 4.78 is 2.25. The number of halogens is 1. The average Bonchev–Trinajstić information content (AvgIpc) is 3.44. The summed E-state index contributed by atoms with van der Waals surface area (Å²) in [6.07, 6.45) is 1.66. The van der Waals surface area contributed by atoms with E-state index in [1.165, 1.54) is 23.5 Å². The number of hydrogen-bond acceptors (Lipinski definition) is 6. The van der Waals surface area contributed by atoms with Crippen LogP contribution in [0.15, 0.2) is 79.0 Å². The Morgan fingerprint density at radius 2 is 1.82 bits per heavy atom. The van der Waals surface area contributed by atoms with E-state index in [2.05, 4.69) is 15.4 Å². The zero-order chi connectivity index (χ0) is 22.9. The molecule has 0 aliphatic rings. The molecule has 1 amide bonds. The fraction of sp³-hybridized carbons (Fsp3) is 0. The Kier molecular flexibility index (Phi) is 5.33. The fourth-order valence-electron chi connectivity index (χ4n) is 3.32. The molecule has 0 aliphatic carbocycles. The molecule has 0 bridgehead atoms. The van der Waals surface area contributed by atoms with Gasteiger partial charge in [-0.2, -0.15) is 5.10 Å². The van der Waals surface area contributed by atoms with E-state index in [1.807, 2.05) is 30.3 Å². The number of amides is 1. The number of carbonyl (C=O) groups is 1. The van der Waals surface area contributed by atoms with Crippen molar-refractivity contribution < 1.29 is 9.72 Å². The first-order valence-corrected chi connectivity index (χ1v) is 10.9. The lowest BCUT2D eigenvalue weighted by Gasteiger charge is -2.03. The minimum absolute atomic E-state index is 0.0295. The molecule has 0 saturated carbocycles. The normalized spacial score (nSPS) is 10.9. The van der Waals surface area contributed by atoms with Crippen LogP contribution >= 0.6 is 22.9 Å². The molecule has 3 aromatic carbocycles. The highest BCUT2D eigenvalue weighted by Gasteiger charge is 2.20. The van der Waals surface area contributed by atoms with Crippen LogP contribution < -0.4 is 5.32 Å². The Labute approximate surface area is 196 Å². The van der Waals surface area contributed by atoms with Crippen LogP contribution in [0.2, 0.25) is 5.02 Å². The fourth-order valence-corrected chi connectivity index (χ4v) is 4.34. The molecule has 2 heterocycles. The zero-order valence-corrected chi connectivity index (χ0v) is 18.4. The number of benzene rings is 3. The topological polar surface area (TPSA) is 103 Å². The number of fused-ring (bicyclic) bond motifs is 1. The maximum atomic E-state index is 13.2. The van der Waals surface area contributed by atoms with Gasteiger partial charge in [-0.3, -0.25) is 20.2 Å². The molecule has 2 aromatic heterocycles. The number of nitro benzene ring substituents is 1. The van der Waals surface area contributed by atoms with E-state index < -0.39 is 10.8 Å². The van der Waals surface area contributed by atoms with Gasteiger partial charge in [0.1, 0.15) is 5.69 Å². The van der Waals surface area contributed by atoms with Crippen LogP contribution in [-0.4, -0.2) is 25.6 Å². The van der Waals surface area contributed by atoms with Gasteiger partial charge < -0.3 is 0 Å². The molecule has 1 N–H and O–H groups in total. The van der Waals surface area contributed by atoms with Crippen molar-refractivity contribution in [2.24, 2.45) is 0 Å². The van der Waals surface area contributed by atoms with Gasteiger partial charge in [-0.25, -0.2) is 9.67 Å². The van der Waals surface area contributed by atoms with E-state index in [9.17, 15) is 14.9 Å². The second-order valence-electron chi connectivity index (χ2n) is 7.06. The first-order valence-electron chi connectivity index (χ1n) is 9.75. The van der Waals surface area contributed by atoms with Gasteiger partial charge in [0, 0.05) is 28.9 Å². The Hall–Kier alpha value is -4.08. The molecule has 0 aliphatic heterocycles. The number of anilines is 1. The van der Waals surface area contributed by atoms with Crippen LogP contribution in [0, 0.1) is 10.1 Å². The molecular weight excluding hydrogens is 462 g/mol. The number of nitrogens with one attached hydrogen (secondary N) is 1. The summed E-state index contributed by atoms with van der Waals surface area (Å²) >= 11 is 7.19. The van der Waals surface area contributed by atoms with Crippen molar-refractivity contribution in [1.82, 2.24) is 14.8 Å². The van der Waals surface area contributed by atoms with Crippen molar-refractivity contribution in [3.8, 4) is 16.9 Å². The van der Waals surface area contributed by atoms with Gasteiger partial charge >= 0.3 is 0 Å². The number of aromatic nitrogens is 3. The van der Waals surface area contributed by atoms with Crippen molar-refractivity contribution >= 4 is 49.9 Å². The van der Waals surface area contributed by atoms with Gasteiger partial charge in [-0.05, 0) is 30.3 Å². The number of para-hydroxylation sites is 1. The highest BCUT2D eigenvalue weighted by Crippen LogP contribution is 2.31. The summed E-state index contributed by atoms with van der Waals surface area (Å²) in [5.74, 6) is -0.393. The first-order chi connectivity index (χ1) is 16.0. The average molecular weight is 476 g/mol. The number of hydrogen-bond donors (Lipinski definition) is 1. The van der Waals surface area contributed by atoms with E-state index in [0.717, 1.165) is 11.3 Å². The molecule has 0 radical (unpaired) electrons. The van der Waals surface area contributed by atoms with E-state index >= 15 is 0 Å². The second kappa shape index (κ2) is 8.45. The van der Waals surface area contributed by atoms with Crippen LogP contribution in [0.25, 0.3) is 27.2 Å². The first kappa shape index (κ1) is 20.8. The monoisotopic (exact) mass is 475 g/mol. The Bertz CT molecular complexity index is 1500. The van der Waals surface area contributed by atoms with Crippen molar-refractivity contribution in [3.63, 3.8) is 0 Å². The standard InChI is InChI=1S/C23H14ClN5O3S/c24-15-8-6-14(7-9-15)21-18(13-28(27-21)16-4-2-1-3-5-16)22(30)26-23-25-19-11-10-17(29(31)32)12-20(19)33-23/h1-13H,(H,25,26,30). The number of thiazole rings is 1. The molecule has 33 heavy (non-hydrogen) atoms. The summed E-state index contributed by atoms with van der Waals surface area (Å²) in [4.78, 5) is 28.2. The van der Waals surface area contributed by atoms with Crippen LogP contribution in [0.5, 0.6) is 0 Å². The maximum absolute atomic E-state index is 13.2. The summed E-state index contributed by atoms with van der Waals surface area (Å²) in [6.45, 7) is 0. The molecule has 0 unspecified atom stereocenters. The molecule has 0 fully saturated rings. The molecule has 162 valence electrons. The zero-order valence-electron chi connectivity index (χ0n) is 16.8. The molecular formula is C23H14ClN5O3S. The van der Waals surface area contributed by atoms with Crippen molar-refractivity contribution in [3.05, 3.63) is 99.7 Å². The number of carbonyl (C=O) groups excluding carboxylic acids is 1. The molecule has 0 spiro atoms. The maximum Gasteiger partial charge on any atom is 0.270 e. The summed E-state index contributed by atoms with van der Waals surface area (Å²) in [6, 6.07) is 20.9. The van der Waals surface area contributed by atoms with Gasteiger partial charge in [0.2, 0.25) is 0 Å². The van der Waals surface area contributed by atoms with Crippen molar-refractivity contribution in [1.29, 1.82) is 0 Å². The van der Waals surface area contributed by atoms with Crippen LogP contribution in [0.4, 0.5) is 10.8 Å². The molecule has 10 heteroatoms. The van der Waals surface area contributed by atoms with Crippen LogP contribution in [0.1, 0.15) is 10.4 Å². The van der Waals surface area contributed by atoms with Gasteiger partial charge in [0.05, 0.1) is 26.4 Å². The quantitative estimate of drug-likeness (QED) is 0.249. The third kappa shape index (κ3) is 4.19. The highest BCUT2D eigenvalue weighted by atomic mass is 35.5. The Balaban J connectivity index is 1.52. The molecule has 5 aromatic rings. The molecule has 8 nitrogen and oxygen atoms in total. The number of nitrogens with zero attached hydrogens (tertiary/aromatic N) is 4. The predicted molar refractivity (Wildman–Crippen MR) is 128 cm³/mol. The summed E-state index contributed by atoms with van der Waals surface area (Å²) in [5, 5.41) is 19.4. The molecule has 5 rings (SSSR count).